The Morgan fingerprint density at radius 1 is 0.962 bits per heavy atom. The summed E-state index contributed by atoms with van der Waals surface area (Å²) in [6.07, 6.45) is 2.19. The molecule has 1 aliphatic rings. The highest BCUT2D eigenvalue weighted by molar-refractivity contribution is 5.87. The van der Waals surface area contributed by atoms with Gasteiger partial charge in [-0.15, -0.1) is 0 Å². The van der Waals surface area contributed by atoms with Gasteiger partial charge in [-0.2, -0.15) is 0 Å². The SMILES string of the molecule is Cn1c(Oc2ccccc2)c(CCCN2CCNCC2)c2ccccc21. The Morgan fingerprint density at radius 3 is 2.50 bits per heavy atom. The van der Waals surface area contributed by atoms with Crippen LogP contribution in [0.4, 0.5) is 0 Å². The maximum absolute atomic E-state index is 6.31. The fourth-order valence-electron chi connectivity index (χ4n) is 3.83. The second-order valence-corrected chi connectivity index (χ2v) is 6.97. The number of fused-ring (bicyclic) bond motifs is 1. The summed E-state index contributed by atoms with van der Waals surface area (Å²) in [6.45, 7) is 5.68. The van der Waals surface area contributed by atoms with Gasteiger partial charge in [0, 0.05) is 44.2 Å². The molecule has 0 radical (unpaired) electrons. The van der Waals surface area contributed by atoms with E-state index in [4.69, 9.17) is 4.74 Å². The van der Waals surface area contributed by atoms with Crippen LogP contribution < -0.4 is 10.1 Å². The van der Waals surface area contributed by atoms with Gasteiger partial charge in [-0.05, 0) is 37.6 Å². The molecule has 2 aromatic carbocycles. The zero-order valence-corrected chi connectivity index (χ0v) is 15.4. The first-order chi connectivity index (χ1) is 12.8. The minimum absolute atomic E-state index is 0.891. The van der Waals surface area contributed by atoms with Crippen LogP contribution in [0.1, 0.15) is 12.0 Å². The van der Waals surface area contributed by atoms with Gasteiger partial charge in [-0.3, -0.25) is 0 Å². The first-order valence-electron chi connectivity index (χ1n) is 9.55. The molecule has 4 rings (SSSR count). The van der Waals surface area contributed by atoms with E-state index in [1.54, 1.807) is 0 Å². The van der Waals surface area contributed by atoms with E-state index in [9.17, 15) is 0 Å². The number of piperazine rings is 1. The molecule has 1 fully saturated rings. The average Bonchev–Trinajstić information content (AvgIpc) is 2.96. The second-order valence-electron chi connectivity index (χ2n) is 6.97. The predicted molar refractivity (Wildman–Crippen MR) is 107 cm³/mol. The minimum atomic E-state index is 0.891. The number of aryl methyl sites for hydroxylation is 2. The van der Waals surface area contributed by atoms with Crippen LogP contribution >= 0.6 is 0 Å². The molecule has 1 aliphatic heterocycles. The second kappa shape index (κ2) is 7.94. The van der Waals surface area contributed by atoms with Crippen LogP contribution in [-0.4, -0.2) is 42.2 Å². The van der Waals surface area contributed by atoms with Crippen LogP contribution in [-0.2, 0) is 13.5 Å². The van der Waals surface area contributed by atoms with Gasteiger partial charge in [0.1, 0.15) is 5.75 Å². The Balaban J connectivity index is 1.58. The van der Waals surface area contributed by atoms with E-state index in [1.807, 2.05) is 30.3 Å². The number of ether oxygens (including phenoxy) is 1. The third kappa shape index (κ3) is 3.62. The lowest BCUT2D eigenvalue weighted by atomic mass is 10.1. The van der Waals surface area contributed by atoms with Crippen molar-refractivity contribution in [1.82, 2.24) is 14.8 Å². The molecule has 26 heavy (non-hydrogen) atoms. The van der Waals surface area contributed by atoms with Crippen molar-refractivity contribution >= 4 is 10.9 Å². The molecule has 1 N–H and O–H groups in total. The molecular formula is C22H27N3O. The van der Waals surface area contributed by atoms with Gasteiger partial charge in [0.15, 0.2) is 0 Å². The predicted octanol–water partition coefficient (Wildman–Crippen LogP) is 3.81. The topological polar surface area (TPSA) is 29.4 Å². The van der Waals surface area contributed by atoms with Gasteiger partial charge in [0.05, 0.1) is 5.52 Å². The molecule has 0 unspecified atom stereocenters. The summed E-state index contributed by atoms with van der Waals surface area (Å²) >= 11 is 0. The number of aromatic nitrogens is 1. The first-order valence-corrected chi connectivity index (χ1v) is 9.55. The molecule has 0 saturated carbocycles. The molecular weight excluding hydrogens is 322 g/mol. The Hall–Kier alpha value is -2.30. The van der Waals surface area contributed by atoms with Crippen LogP contribution in [0.3, 0.4) is 0 Å². The molecule has 4 heteroatoms. The third-order valence-corrected chi connectivity index (χ3v) is 5.22. The maximum atomic E-state index is 6.31. The van der Waals surface area contributed by atoms with E-state index in [0.29, 0.717) is 0 Å². The van der Waals surface area contributed by atoms with Crippen LogP contribution in [0.2, 0.25) is 0 Å². The van der Waals surface area contributed by atoms with Gasteiger partial charge < -0.3 is 19.5 Å². The van der Waals surface area contributed by atoms with Crippen LogP contribution in [0, 0.1) is 0 Å². The molecule has 136 valence electrons. The van der Waals surface area contributed by atoms with E-state index in [1.165, 1.54) is 16.5 Å². The van der Waals surface area contributed by atoms with Gasteiger partial charge >= 0.3 is 0 Å². The lowest BCUT2D eigenvalue weighted by molar-refractivity contribution is 0.238. The largest absolute Gasteiger partial charge is 0.441 e. The monoisotopic (exact) mass is 349 g/mol. The maximum Gasteiger partial charge on any atom is 0.204 e. The molecule has 1 aromatic heterocycles. The molecule has 0 aliphatic carbocycles. The highest BCUT2D eigenvalue weighted by Gasteiger charge is 2.17. The zero-order chi connectivity index (χ0) is 17.8. The van der Waals surface area contributed by atoms with Crippen molar-refractivity contribution in [3.05, 3.63) is 60.2 Å². The van der Waals surface area contributed by atoms with E-state index in [-0.39, 0.29) is 0 Å². The Labute approximate surface area is 155 Å². The van der Waals surface area contributed by atoms with Gasteiger partial charge in [0.25, 0.3) is 0 Å². The van der Waals surface area contributed by atoms with E-state index >= 15 is 0 Å². The molecule has 0 bridgehead atoms. The van der Waals surface area contributed by atoms with Gasteiger partial charge in [-0.25, -0.2) is 0 Å². The molecule has 3 aromatic rings. The summed E-state index contributed by atoms with van der Waals surface area (Å²) in [7, 11) is 2.10. The fraction of sp³-hybridized carbons (Fsp3) is 0.364. The van der Waals surface area contributed by atoms with E-state index < -0.39 is 0 Å². The average molecular weight is 349 g/mol. The van der Waals surface area contributed by atoms with Crippen LogP contribution in [0.25, 0.3) is 10.9 Å². The zero-order valence-electron chi connectivity index (χ0n) is 15.4. The van der Waals surface area contributed by atoms with Crippen LogP contribution in [0.5, 0.6) is 11.6 Å². The smallest absolute Gasteiger partial charge is 0.204 e. The summed E-state index contributed by atoms with van der Waals surface area (Å²) < 4.78 is 8.49. The highest BCUT2D eigenvalue weighted by atomic mass is 16.5. The number of hydrogen-bond acceptors (Lipinski definition) is 3. The van der Waals surface area contributed by atoms with Crippen molar-refractivity contribution in [2.45, 2.75) is 12.8 Å². The molecule has 2 heterocycles. The Kier molecular flexibility index (Phi) is 5.23. The fourth-order valence-corrected chi connectivity index (χ4v) is 3.83. The molecule has 1 saturated heterocycles. The number of nitrogens with one attached hydrogen (secondary N) is 1. The summed E-state index contributed by atoms with van der Waals surface area (Å²) in [5, 5.41) is 4.73. The van der Waals surface area contributed by atoms with Crippen molar-refractivity contribution in [3.8, 4) is 11.6 Å². The molecule has 0 amide bonds. The Bertz CT molecular complexity index is 850. The summed E-state index contributed by atoms with van der Waals surface area (Å²) in [4.78, 5) is 2.55. The third-order valence-electron chi connectivity index (χ3n) is 5.22. The summed E-state index contributed by atoms with van der Waals surface area (Å²) in [6, 6.07) is 18.7. The van der Waals surface area contributed by atoms with Gasteiger partial charge in [0.2, 0.25) is 5.88 Å². The van der Waals surface area contributed by atoms with Crippen molar-refractivity contribution < 1.29 is 4.74 Å². The number of hydrogen-bond donors (Lipinski definition) is 1. The number of para-hydroxylation sites is 2. The molecule has 0 atom stereocenters. The lowest BCUT2D eigenvalue weighted by Crippen LogP contribution is -2.43. The minimum Gasteiger partial charge on any atom is -0.441 e. The van der Waals surface area contributed by atoms with Crippen molar-refractivity contribution in [1.29, 1.82) is 0 Å². The molecule has 0 spiro atoms. The number of nitrogens with zero attached hydrogens (tertiary/aromatic N) is 2. The number of rotatable bonds is 6. The summed E-state index contributed by atoms with van der Waals surface area (Å²) in [5.41, 5.74) is 2.55. The number of benzene rings is 2. The van der Waals surface area contributed by atoms with Crippen LogP contribution in [0.15, 0.2) is 54.6 Å². The van der Waals surface area contributed by atoms with Gasteiger partial charge in [-0.1, -0.05) is 36.4 Å². The quantitative estimate of drug-likeness (QED) is 0.734. The van der Waals surface area contributed by atoms with Crippen molar-refractivity contribution in [2.24, 2.45) is 7.05 Å². The normalized spacial score (nSPS) is 15.4. The first kappa shape index (κ1) is 17.1. The lowest BCUT2D eigenvalue weighted by Gasteiger charge is -2.27. The molecule has 4 nitrogen and oxygen atoms in total. The van der Waals surface area contributed by atoms with Crippen molar-refractivity contribution in [3.63, 3.8) is 0 Å². The van der Waals surface area contributed by atoms with Crippen molar-refractivity contribution in [2.75, 3.05) is 32.7 Å². The highest BCUT2D eigenvalue weighted by Crippen LogP contribution is 2.35. The van der Waals surface area contributed by atoms with E-state index in [2.05, 4.69) is 46.1 Å². The standard InChI is InChI=1S/C22H27N3O/c1-24-21-12-6-5-10-19(21)20(11-7-15-25-16-13-23-14-17-25)22(24)26-18-8-3-2-4-9-18/h2-6,8-10,12,23H,7,11,13-17H2,1H3. The van der Waals surface area contributed by atoms with E-state index in [0.717, 1.165) is 57.2 Å². The summed E-state index contributed by atoms with van der Waals surface area (Å²) in [5.74, 6) is 1.86. The Morgan fingerprint density at radius 2 is 1.69 bits per heavy atom.